The van der Waals surface area contributed by atoms with Gasteiger partial charge in [-0.3, -0.25) is 9.48 Å². The highest BCUT2D eigenvalue weighted by Gasteiger charge is 2.29. The molecule has 1 fully saturated rings. The average molecular weight is 448 g/mol. The lowest BCUT2D eigenvalue weighted by molar-refractivity contribution is 0.0695. The van der Waals surface area contributed by atoms with Gasteiger partial charge in [0.15, 0.2) is 5.01 Å². The third-order valence-corrected chi connectivity index (χ3v) is 6.89. The lowest BCUT2D eigenvalue weighted by Gasteiger charge is -2.31. The van der Waals surface area contributed by atoms with Crippen molar-refractivity contribution < 1.29 is 9.18 Å². The molecule has 8 heteroatoms. The number of carbonyl (C=O) groups is 1. The molecule has 0 saturated carbocycles. The molecule has 5 rings (SSSR count). The van der Waals surface area contributed by atoms with Gasteiger partial charge < -0.3 is 4.90 Å². The van der Waals surface area contributed by atoms with Crippen molar-refractivity contribution in [2.45, 2.75) is 18.8 Å². The number of aryl methyl sites for hydroxylation is 1. The number of likely N-dealkylation sites (tertiary alicyclic amines) is 1. The van der Waals surface area contributed by atoms with Crippen LogP contribution in [0.3, 0.4) is 0 Å². The van der Waals surface area contributed by atoms with E-state index in [9.17, 15) is 9.18 Å². The van der Waals surface area contributed by atoms with Gasteiger partial charge in [0.25, 0.3) is 5.91 Å². The van der Waals surface area contributed by atoms with Gasteiger partial charge >= 0.3 is 0 Å². The van der Waals surface area contributed by atoms with Gasteiger partial charge in [0.2, 0.25) is 0 Å². The third kappa shape index (κ3) is 3.93. The van der Waals surface area contributed by atoms with E-state index in [0.717, 1.165) is 29.1 Å². The highest BCUT2D eigenvalue weighted by molar-refractivity contribution is 7.14. The average Bonchev–Trinajstić information content (AvgIpc) is 3.47. The molecular formula is C24H22FN5OS. The zero-order valence-electron chi connectivity index (χ0n) is 17.6. The Bertz CT molecular complexity index is 1250. The number of hydrogen-bond donors (Lipinski definition) is 0. The molecule has 1 amide bonds. The first kappa shape index (κ1) is 20.5. The quantitative estimate of drug-likeness (QED) is 0.452. The van der Waals surface area contributed by atoms with Crippen molar-refractivity contribution in [1.29, 1.82) is 0 Å². The van der Waals surface area contributed by atoms with Gasteiger partial charge in [-0.25, -0.2) is 4.39 Å². The summed E-state index contributed by atoms with van der Waals surface area (Å²) in [6.07, 6.45) is 1.81. The van der Waals surface area contributed by atoms with Crippen molar-refractivity contribution in [1.82, 2.24) is 24.9 Å². The van der Waals surface area contributed by atoms with Crippen molar-refractivity contribution in [3.8, 4) is 21.8 Å². The molecule has 0 radical (unpaired) electrons. The maximum atomic E-state index is 14.1. The Hall–Kier alpha value is -3.39. The minimum atomic E-state index is -0.305. The van der Waals surface area contributed by atoms with Crippen molar-refractivity contribution in [2.75, 3.05) is 13.1 Å². The number of piperidine rings is 1. The maximum absolute atomic E-state index is 14.1. The maximum Gasteiger partial charge on any atom is 0.272 e. The summed E-state index contributed by atoms with van der Waals surface area (Å²) in [4.78, 5) is 15.2. The van der Waals surface area contributed by atoms with E-state index in [0.29, 0.717) is 29.4 Å². The number of benzene rings is 2. The molecule has 1 aliphatic rings. The van der Waals surface area contributed by atoms with E-state index in [-0.39, 0.29) is 17.6 Å². The molecule has 0 N–H and O–H groups in total. The SMILES string of the molecule is Cn1nc(-c2ccccc2)cc1C(=O)N1CCCC(c2nnc(-c3ccccc3F)s2)C1. The monoisotopic (exact) mass is 447 g/mol. The molecule has 2 aromatic heterocycles. The van der Waals surface area contributed by atoms with E-state index in [1.807, 2.05) is 41.3 Å². The normalized spacial score (nSPS) is 16.3. The van der Waals surface area contributed by atoms with E-state index >= 15 is 0 Å². The first-order valence-electron chi connectivity index (χ1n) is 10.6. The Morgan fingerprint density at radius 3 is 2.69 bits per heavy atom. The summed E-state index contributed by atoms with van der Waals surface area (Å²) in [5, 5.41) is 14.5. The summed E-state index contributed by atoms with van der Waals surface area (Å²) < 4.78 is 15.8. The van der Waals surface area contributed by atoms with E-state index in [1.54, 1.807) is 29.9 Å². The van der Waals surface area contributed by atoms with Crippen LogP contribution in [-0.2, 0) is 7.05 Å². The summed E-state index contributed by atoms with van der Waals surface area (Å²) >= 11 is 1.40. The van der Waals surface area contributed by atoms with Crippen LogP contribution in [0.4, 0.5) is 4.39 Å². The summed E-state index contributed by atoms with van der Waals surface area (Å²) in [5.41, 5.74) is 2.79. The lowest BCUT2D eigenvalue weighted by Crippen LogP contribution is -2.39. The highest BCUT2D eigenvalue weighted by Crippen LogP contribution is 2.34. The predicted molar refractivity (Wildman–Crippen MR) is 122 cm³/mol. The van der Waals surface area contributed by atoms with Crippen LogP contribution in [0.15, 0.2) is 60.7 Å². The second-order valence-corrected chi connectivity index (χ2v) is 8.93. The summed E-state index contributed by atoms with van der Waals surface area (Å²) in [6.45, 7) is 1.26. The van der Waals surface area contributed by atoms with Crippen molar-refractivity contribution >= 4 is 17.2 Å². The van der Waals surface area contributed by atoms with Crippen molar-refractivity contribution in [3.63, 3.8) is 0 Å². The fraction of sp³-hybridized carbons (Fsp3) is 0.250. The number of nitrogens with zero attached hydrogens (tertiary/aromatic N) is 5. The van der Waals surface area contributed by atoms with Gasteiger partial charge in [-0.2, -0.15) is 5.10 Å². The highest BCUT2D eigenvalue weighted by atomic mass is 32.1. The van der Waals surface area contributed by atoms with Crippen LogP contribution >= 0.6 is 11.3 Å². The van der Waals surface area contributed by atoms with Gasteiger partial charge in [-0.15, -0.1) is 10.2 Å². The van der Waals surface area contributed by atoms with Crippen molar-refractivity contribution in [3.05, 3.63) is 77.2 Å². The molecule has 4 aromatic rings. The minimum absolute atomic E-state index is 0.0364. The van der Waals surface area contributed by atoms with E-state index in [1.165, 1.54) is 17.4 Å². The smallest absolute Gasteiger partial charge is 0.272 e. The third-order valence-electron chi connectivity index (χ3n) is 5.77. The van der Waals surface area contributed by atoms with Crippen LogP contribution in [0.1, 0.15) is 34.3 Å². The number of halogens is 1. The molecule has 0 bridgehead atoms. The largest absolute Gasteiger partial charge is 0.337 e. The molecule has 3 heterocycles. The van der Waals surface area contributed by atoms with Crippen LogP contribution in [0.5, 0.6) is 0 Å². The van der Waals surface area contributed by atoms with Gasteiger partial charge in [-0.05, 0) is 31.0 Å². The molecule has 0 aliphatic carbocycles. The van der Waals surface area contributed by atoms with Crippen LogP contribution < -0.4 is 0 Å². The number of aromatic nitrogens is 4. The van der Waals surface area contributed by atoms with E-state index in [2.05, 4.69) is 15.3 Å². The van der Waals surface area contributed by atoms with Gasteiger partial charge in [0.1, 0.15) is 16.5 Å². The first-order chi connectivity index (χ1) is 15.6. The summed E-state index contributed by atoms with van der Waals surface area (Å²) in [7, 11) is 1.80. The lowest BCUT2D eigenvalue weighted by atomic mass is 9.98. The molecule has 1 saturated heterocycles. The van der Waals surface area contributed by atoms with Gasteiger partial charge in [-0.1, -0.05) is 53.8 Å². The van der Waals surface area contributed by atoms with Crippen LogP contribution in [0, 0.1) is 5.82 Å². The Morgan fingerprint density at radius 2 is 1.88 bits per heavy atom. The molecule has 1 unspecified atom stereocenters. The number of amides is 1. The van der Waals surface area contributed by atoms with Crippen LogP contribution in [0.25, 0.3) is 21.8 Å². The molecule has 162 valence electrons. The predicted octanol–water partition coefficient (Wildman–Crippen LogP) is 4.76. The molecule has 1 aliphatic heterocycles. The molecule has 1 atom stereocenters. The Morgan fingerprint density at radius 1 is 1.09 bits per heavy atom. The van der Waals surface area contributed by atoms with E-state index < -0.39 is 0 Å². The standard InChI is InChI=1S/C24H22FN5OS/c1-29-21(14-20(28-29)16-8-3-2-4-9-16)24(31)30-13-7-10-17(15-30)22-26-27-23(32-22)18-11-5-6-12-19(18)25/h2-6,8-9,11-12,14,17H,7,10,13,15H2,1H3. The van der Waals surface area contributed by atoms with Crippen LogP contribution in [-0.4, -0.2) is 43.9 Å². The van der Waals surface area contributed by atoms with Crippen LogP contribution in [0.2, 0.25) is 0 Å². The Balaban J connectivity index is 1.34. The Kier molecular flexibility index (Phi) is 5.53. The molecule has 6 nitrogen and oxygen atoms in total. The molecule has 0 spiro atoms. The topological polar surface area (TPSA) is 63.9 Å². The number of rotatable bonds is 4. The molecular weight excluding hydrogens is 425 g/mol. The first-order valence-corrected chi connectivity index (χ1v) is 11.4. The van der Waals surface area contributed by atoms with Gasteiger partial charge in [0, 0.05) is 37.2 Å². The molecule has 32 heavy (non-hydrogen) atoms. The summed E-state index contributed by atoms with van der Waals surface area (Å²) in [5.74, 6) is -0.251. The zero-order valence-corrected chi connectivity index (χ0v) is 18.4. The second-order valence-electron chi connectivity index (χ2n) is 7.92. The van der Waals surface area contributed by atoms with Gasteiger partial charge in [0.05, 0.1) is 5.69 Å². The minimum Gasteiger partial charge on any atom is -0.337 e. The Labute approximate surface area is 189 Å². The zero-order chi connectivity index (χ0) is 22.1. The fourth-order valence-corrected chi connectivity index (χ4v) is 5.08. The second kappa shape index (κ2) is 8.63. The number of carbonyl (C=O) groups excluding carboxylic acids is 1. The number of hydrogen-bond acceptors (Lipinski definition) is 5. The summed E-state index contributed by atoms with van der Waals surface area (Å²) in [6, 6.07) is 18.3. The fourth-order valence-electron chi connectivity index (χ4n) is 4.09. The van der Waals surface area contributed by atoms with Crippen molar-refractivity contribution in [2.24, 2.45) is 7.05 Å². The van der Waals surface area contributed by atoms with E-state index in [4.69, 9.17) is 0 Å². The molecule has 2 aromatic carbocycles.